The van der Waals surface area contributed by atoms with Gasteiger partial charge in [-0.05, 0) is 73.3 Å². The van der Waals surface area contributed by atoms with Crippen molar-refractivity contribution in [1.29, 1.82) is 0 Å². The molecule has 0 amide bonds. The standard InChI is InChI=1S/C34H36F2N2O3/c1-2-6-23-13-15-27(16-14-23)34-32(26-7-4-3-5-8-26)33(28-17-18-29(35)30(36)19-28)37-38(34)20-24-9-11-25(12-10-24)21-41-22-31(39)40/h3-5,7-8,13-19,24-25H,2,6,9-12,20-22H2,1H3,(H,39,40). The zero-order valence-electron chi connectivity index (χ0n) is 23.4. The molecule has 1 N–H and O–H groups in total. The number of halogens is 2. The van der Waals surface area contributed by atoms with E-state index >= 15 is 0 Å². The second-order valence-electron chi connectivity index (χ2n) is 11.0. The lowest BCUT2D eigenvalue weighted by molar-refractivity contribution is -0.142. The fourth-order valence-corrected chi connectivity index (χ4v) is 5.87. The highest BCUT2D eigenvalue weighted by molar-refractivity contribution is 5.91. The fourth-order valence-electron chi connectivity index (χ4n) is 5.87. The maximum absolute atomic E-state index is 14.4. The third-order valence-electron chi connectivity index (χ3n) is 7.95. The van der Waals surface area contributed by atoms with E-state index in [1.165, 1.54) is 11.6 Å². The van der Waals surface area contributed by atoms with Crippen LogP contribution >= 0.6 is 0 Å². The molecule has 0 radical (unpaired) electrons. The predicted octanol–water partition coefficient (Wildman–Crippen LogP) is 8.02. The summed E-state index contributed by atoms with van der Waals surface area (Å²) in [6.07, 6.45) is 5.97. The lowest BCUT2D eigenvalue weighted by Crippen LogP contribution is -2.23. The lowest BCUT2D eigenvalue weighted by atomic mass is 9.82. The molecule has 0 atom stereocenters. The van der Waals surface area contributed by atoms with Crippen LogP contribution in [-0.4, -0.2) is 34.1 Å². The van der Waals surface area contributed by atoms with Gasteiger partial charge in [-0.1, -0.05) is 67.9 Å². The van der Waals surface area contributed by atoms with Crippen LogP contribution in [0.1, 0.15) is 44.6 Å². The van der Waals surface area contributed by atoms with Gasteiger partial charge in [0.1, 0.15) is 12.3 Å². The molecule has 41 heavy (non-hydrogen) atoms. The summed E-state index contributed by atoms with van der Waals surface area (Å²) in [4.78, 5) is 10.8. The van der Waals surface area contributed by atoms with Crippen molar-refractivity contribution < 1.29 is 23.4 Å². The van der Waals surface area contributed by atoms with Crippen LogP contribution in [0.15, 0.2) is 72.8 Å². The molecule has 7 heteroatoms. The fraction of sp³-hybridized carbons (Fsp3) is 0.353. The molecule has 214 valence electrons. The minimum absolute atomic E-state index is 0.261. The molecular weight excluding hydrogens is 522 g/mol. The van der Waals surface area contributed by atoms with E-state index in [2.05, 4.69) is 35.9 Å². The molecule has 0 aliphatic heterocycles. The molecule has 0 unspecified atom stereocenters. The summed E-state index contributed by atoms with van der Waals surface area (Å²) < 4.78 is 35.8. The highest BCUT2D eigenvalue weighted by Gasteiger charge is 2.27. The van der Waals surface area contributed by atoms with Gasteiger partial charge in [0.15, 0.2) is 11.6 Å². The maximum atomic E-state index is 14.4. The zero-order chi connectivity index (χ0) is 28.8. The first-order valence-corrected chi connectivity index (χ1v) is 14.4. The smallest absolute Gasteiger partial charge is 0.329 e. The Morgan fingerprint density at radius 1 is 0.902 bits per heavy atom. The molecule has 5 rings (SSSR count). The van der Waals surface area contributed by atoms with E-state index in [1.807, 2.05) is 30.3 Å². The average molecular weight is 559 g/mol. The Balaban J connectivity index is 1.53. The van der Waals surface area contributed by atoms with Crippen LogP contribution in [0.2, 0.25) is 0 Å². The van der Waals surface area contributed by atoms with Crippen molar-refractivity contribution in [3.8, 4) is 33.6 Å². The largest absolute Gasteiger partial charge is 0.480 e. The van der Waals surface area contributed by atoms with Gasteiger partial charge < -0.3 is 9.84 Å². The molecule has 3 aromatic carbocycles. The molecule has 4 aromatic rings. The van der Waals surface area contributed by atoms with E-state index < -0.39 is 17.6 Å². The van der Waals surface area contributed by atoms with E-state index in [0.29, 0.717) is 36.2 Å². The number of ether oxygens (including phenoxy) is 1. The van der Waals surface area contributed by atoms with Crippen LogP contribution in [0.5, 0.6) is 0 Å². The van der Waals surface area contributed by atoms with Crippen molar-refractivity contribution in [2.24, 2.45) is 11.8 Å². The third-order valence-corrected chi connectivity index (χ3v) is 7.95. The molecule has 1 heterocycles. The highest BCUT2D eigenvalue weighted by Crippen LogP contribution is 2.41. The SMILES string of the molecule is CCCc1ccc(-c2c(-c3ccccc3)c(-c3ccc(F)c(F)c3)nn2CC2CCC(COCC(=O)O)CC2)cc1. The topological polar surface area (TPSA) is 64.4 Å². The first-order valence-electron chi connectivity index (χ1n) is 14.4. The van der Waals surface area contributed by atoms with Crippen LogP contribution in [0, 0.1) is 23.5 Å². The average Bonchev–Trinajstić information content (AvgIpc) is 3.35. The third kappa shape index (κ3) is 6.91. The minimum atomic E-state index is -0.946. The highest BCUT2D eigenvalue weighted by atomic mass is 19.2. The number of carboxylic acids is 1. The summed E-state index contributed by atoms with van der Waals surface area (Å²) in [5.41, 5.74) is 6.28. The van der Waals surface area contributed by atoms with Crippen molar-refractivity contribution >= 4 is 5.97 Å². The normalized spacial score (nSPS) is 17.0. The van der Waals surface area contributed by atoms with Gasteiger partial charge in [-0.3, -0.25) is 4.68 Å². The number of nitrogens with zero attached hydrogens (tertiary/aromatic N) is 2. The summed E-state index contributed by atoms with van der Waals surface area (Å²) in [5.74, 6) is -1.99. The van der Waals surface area contributed by atoms with E-state index in [-0.39, 0.29) is 6.61 Å². The van der Waals surface area contributed by atoms with Crippen molar-refractivity contribution in [3.63, 3.8) is 0 Å². The Morgan fingerprint density at radius 3 is 2.24 bits per heavy atom. The number of carboxylic acid groups (broad SMARTS) is 1. The van der Waals surface area contributed by atoms with Gasteiger partial charge in [-0.15, -0.1) is 0 Å². The summed E-state index contributed by atoms with van der Waals surface area (Å²) >= 11 is 0. The van der Waals surface area contributed by atoms with Gasteiger partial charge in [0.05, 0.1) is 12.3 Å². The van der Waals surface area contributed by atoms with E-state index in [9.17, 15) is 13.6 Å². The summed E-state index contributed by atoms with van der Waals surface area (Å²) in [5, 5.41) is 13.9. The quantitative estimate of drug-likeness (QED) is 0.202. The van der Waals surface area contributed by atoms with Gasteiger partial charge in [0.2, 0.25) is 0 Å². The second-order valence-corrected chi connectivity index (χ2v) is 11.0. The number of hydrogen-bond donors (Lipinski definition) is 1. The zero-order valence-corrected chi connectivity index (χ0v) is 23.4. The first kappa shape index (κ1) is 28.7. The predicted molar refractivity (Wildman–Crippen MR) is 156 cm³/mol. The molecule has 1 aliphatic carbocycles. The van der Waals surface area contributed by atoms with Crippen LogP contribution in [0.25, 0.3) is 33.6 Å². The lowest BCUT2D eigenvalue weighted by Gasteiger charge is -2.28. The number of benzene rings is 3. The number of hydrogen-bond acceptors (Lipinski definition) is 3. The van der Waals surface area contributed by atoms with Crippen molar-refractivity contribution in [3.05, 3.63) is 90.0 Å². The Bertz CT molecular complexity index is 1460. The first-order chi connectivity index (χ1) is 19.9. The van der Waals surface area contributed by atoms with Gasteiger partial charge >= 0.3 is 5.97 Å². The molecule has 1 fully saturated rings. The van der Waals surface area contributed by atoms with E-state index in [0.717, 1.165) is 67.0 Å². The number of aromatic nitrogens is 2. The number of rotatable bonds is 11. The van der Waals surface area contributed by atoms with Crippen molar-refractivity contribution in [2.75, 3.05) is 13.2 Å². The van der Waals surface area contributed by atoms with Crippen LogP contribution in [0.4, 0.5) is 8.78 Å². The van der Waals surface area contributed by atoms with Gasteiger partial charge in [-0.25, -0.2) is 13.6 Å². The molecular formula is C34H36F2N2O3. The van der Waals surface area contributed by atoms with Crippen LogP contribution in [0.3, 0.4) is 0 Å². The van der Waals surface area contributed by atoms with E-state index in [1.54, 1.807) is 6.07 Å². The number of aliphatic carboxylic acids is 1. The molecule has 0 spiro atoms. The summed E-state index contributed by atoms with van der Waals surface area (Å²) in [6, 6.07) is 22.5. The van der Waals surface area contributed by atoms with Gasteiger partial charge in [-0.2, -0.15) is 5.10 Å². The number of aryl methyl sites for hydroxylation is 1. The molecule has 5 nitrogen and oxygen atoms in total. The Hall–Kier alpha value is -3.84. The van der Waals surface area contributed by atoms with Gasteiger partial charge in [0.25, 0.3) is 0 Å². The number of carbonyl (C=O) groups is 1. The molecule has 1 aliphatic rings. The monoisotopic (exact) mass is 558 g/mol. The summed E-state index contributed by atoms with van der Waals surface area (Å²) in [7, 11) is 0. The van der Waals surface area contributed by atoms with Gasteiger partial charge in [0, 0.05) is 23.2 Å². The molecule has 1 saturated carbocycles. The van der Waals surface area contributed by atoms with Crippen LogP contribution < -0.4 is 0 Å². The molecule has 0 bridgehead atoms. The Morgan fingerprint density at radius 2 is 1.59 bits per heavy atom. The molecule has 1 aromatic heterocycles. The second kappa shape index (κ2) is 13.2. The Labute approximate surface area is 239 Å². The summed E-state index contributed by atoms with van der Waals surface area (Å²) in [6.45, 7) is 3.06. The Kier molecular flexibility index (Phi) is 9.24. The van der Waals surface area contributed by atoms with Crippen molar-refractivity contribution in [1.82, 2.24) is 9.78 Å². The van der Waals surface area contributed by atoms with Crippen LogP contribution in [-0.2, 0) is 22.5 Å². The molecule has 0 saturated heterocycles. The maximum Gasteiger partial charge on any atom is 0.329 e. The van der Waals surface area contributed by atoms with Crippen molar-refractivity contribution in [2.45, 2.75) is 52.0 Å². The van der Waals surface area contributed by atoms with E-state index in [4.69, 9.17) is 14.9 Å². The minimum Gasteiger partial charge on any atom is -0.480 e.